The number of allylic oxidation sites excluding steroid dienone is 1. The molecule has 0 amide bonds. The number of para-hydroxylation sites is 1. The third-order valence-electron chi connectivity index (χ3n) is 3.59. The summed E-state index contributed by atoms with van der Waals surface area (Å²) in [4.78, 5) is 3.97. The maximum Gasteiger partial charge on any atom is 0.250 e. The summed E-state index contributed by atoms with van der Waals surface area (Å²) in [5.41, 5.74) is 2.37. The second kappa shape index (κ2) is 7.24. The molecular weight excluding hydrogens is 346 g/mol. The molecule has 2 N–H and O–H groups in total. The third-order valence-corrected chi connectivity index (χ3v) is 3.59. The molecule has 0 radical (unpaired) electrons. The molecule has 0 atom stereocenters. The molecule has 0 aliphatic rings. The minimum absolute atomic E-state index is 0.195. The van der Waals surface area contributed by atoms with Crippen molar-refractivity contribution in [2.24, 2.45) is 0 Å². The molecule has 3 heterocycles. The second-order valence-electron chi connectivity index (χ2n) is 5.24. The van der Waals surface area contributed by atoms with Crippen LogP contribution in [0.15, 0.2) is 59.4 Å². The predicted octanol–water partition coefficient (Wildman–Crippen LogP) is 2.29. The van der Waals surface area contributed by atoms with Crippen molar-refractivity contribution in [3.05, 3.63) is 60.8 Å². The predicted molar refractivity (Wildman–Crippen MR) is 94.4 cm³/mol. The van der Waals surface area contributed by atoms with E-state index in [1.807, 2.05) is 30.3 Å². The first-order chi connectivity index (χ1) is 13.3. The zero-order valence-electron chi connectivity index (χ0n) is 13.7. The molecule has 0 aliphatic carbocycles. The number of benzene rings is 1. The number of nitriles is 1. The lowest BCUT2D eigenvalue weighted by molar-refractivity contribution is 0.584. The Morgan fingerprint density at radius 1 is 1.07 bits per heavy atom. The molecule has 0 fully saturated rings. The summed E-state index contributed by atoms with van der Waals surface area (Å²) in [5.74, 6) is 0.930. The summed E-state index contributed by atoms with van der Waals surface area (Å²) >= 11 is 0. The number of hydrogen-bond donors (Lipinski definition) is 2. The van der Waals surface area contributed by atoms with Crippen LogP contribution in [0.25, 0.3) is 28.5 Å². The van der Waals surface area contributed by atoms with Crippen molar-refractivity contribution >= 4 is 11.3 Å². The summed E-state index contributed by atoms with van der Waals surface area (Å²) in [6, 6.07) is 12.9. The maximum atomic E-state index is 9.27. The van der Waals surface area contributed by atoms with Gasteiger partial charge in [0.25, 0.3) is 0 Å². The Hall–Kier alpha value is -4.39. The van der Waals surface area contributed by atoms with Crippen molar-refractivity contribution in [3.8, 4) is 29.0 Å². The molecule has 0 saturated heterocycles. The minimum Gasteiger partial charge on any atom is -0.416 e. The fraction of sp³-hybridized carbons (Fsp3) is 0. The Morgan fingerprint density at radius 3 is 2.67 bits per heavy atom. The zero-order valence-corrected chi connectivity index (χ0v) is 13.7. The van der Waals surface area contributed by atoms with Gasteiger partial charge in [-0.15, -0.1) is 20.4 Å². The van der Waals surface area contributed by atoms with Crippen molar-refractivity contribution in [3.63, 3.8) is 0 Å². The van der Waals surface area contributed by atoms with Crippen LogP contribution in [0.4, 0.5) is 5.69 Å². The molecule has 0 unspecified atom stereocenters. The van der Waals surface area contributed by atoms with E-state index in [9.17, 15) is 5.26 Å². The largest absolute Gasteiger partial charge is 0.416 e. The van der Waals surface area contributed by atoms with E-state index in [2.05, 4.69) is 41.1 Å². The minimum atomic E-state index is 0.195. The number of hydrogen-bond acceptors (Lipinski definition) is 9. The number of nitrogens with one attached hydrogen (secondary N) is 2. The fourth-order valence-corrected chi connectivity index (χ4v) is 2.31. The fourth-order valence-electron chi connectivity index (χ4n) is 2.31. The zero-order chi connectivity index (χ0) is 18.5. The van der Waals surface area contributed by atoms with Crippen LogP contribution in [0.1, 0.15) is 5.82 Å². The van der Waals surface area contributed by atoms with Gasteiger partial charge < -0.3 is 9.73 Å². The van der Waals surface area contributed by atoms with Gasteiger partial charge in [0.2, 0.25) is 17.6 Å². The highest BCUT2D eigenvalue weighted by Crippen LogP contribution is 2.29. The number of H-pyrrole nitrogens is 1. The van der Waals surface area contributed by atoms with Crippen molar-refractivity contribution in [2.75, 3.05) is 5.32 Å². The third kappa shape index (κ3) is 3.38. The molecule has 0 bridgehead atoms. The van der Waals surface area contributed by atoms with E-state index in [0.29, 0.717) is 23.0 Å². The van der Waals surface area contributed by atoms with Gasteiger partial charge in [-0.25, -0.2) is 0 Å². The molecule has 1 aromatic carbocycles. The monoisotopic (exact) mass is 357 g/mol. The number of nitrogens with zero attached hydrogens (tertiary/aromatic N) is 7. The normalized spacial score (nSPS) is 11.1. The van der Waals surface area contributed by atoms with Gasteiger partial charge in [-0.3, -0.25) is 4.98 Å². The first-order valence-corrected chi connectivity index (χ1v) is 7.79. The summed E-state index contributed by atoms with van der Waals surface area (Å²) in [7, 11) is 0. The number of pyridine rings is 1. The molecule has 3 aromatic heterocycles. The summed E-state index contributed by atoms with van der Waals surface area (Å²) in [5, 5.41) is 33.9. The quantitative estimate of drug-likeness (QED) is 0.514. The Balaban J connectivity index is 1.64. The van der Waals surface area contributed by atoms with Crippen molar-refractivity contribution in [1.82, 2.24) is 35.8 Å². The van der Waals surface area contributed by atoms with E-state index in [4.69, 9.17) is 4.42 Å². The summed E-state index contributed by atoms with van der Waals surface area (Å²) in [6.07, 6.45) is 4.80. The average molecular weight is 357 g/mol. The van der Waals surface area contributed by atoms with Crippen LogP contribution in [-0.4, -0.2) is 35.8 Å². The lowest BCUT2D eigenvalue weighted by atomic mass is 10.1. The van der Waals surface area contributed by atoms with Crippen LogP contribution >= 0.6 is 0 Å². The van der Waals surface area contributed by atoms with E-state index < -0.39 is 0 Å². The average Bonchev–Trinajstić information content (AvgIpc) is 3.42. The van der Waals surface area contributed by atoms with Crippen molar-refractivity contribution < 1.29 is 4.42 Å². The van der Waals surface area contributed by atoms with E-state index in [-0.39, 0.29) is 11.4 Å². The standard InChI is InChI=1S/C17H11N9O/c18-9-12(15-21-25-26-22-15)10-20-14-4-2-1-3-13(14)17-24-23-16(27-17)11-5-7-19-8-6-11/h1-8,10,20H,(H,21,22,25,26). The summed E-state index contributed by atoms with van der Waals surface area (Å²) < 4.78 is 5.79. The highest BCUT2D eigenvalue weighted by atomic mass is 16.4. The number of tetrazole rings is 1. The number of anilines is 1. The molecule has 27 heavy (non-hydrogen) atoms. The van der Waals surface area contributed by atoms with Gasteiger partial charge in [-0.1, -0.05) is 12.1 Å². The topological polar surface area (TPSA) is 142 Å². The van der Waals surface area contributed by atoms with Crippen LogP contribution < -0.4 is 5.32 Å². The van der Waals surface area contributed by atoms with Crippen LogP contribution in [0, 0.1) is 11.3 Å². The Bertz CT molecular complexity index is 1110. The first-order valence-electron chi connectivity index (χ1n) is 7.79. The van der Waals surface area contributed by atoms with Gasteiger partial charge in [0.05, 0.1) is 11.3 Å². The van der Waals surface area contributed by atoms with E-state index in [1.165, 1.54) is 6.20 Å². The molecule has 4 rings (SSSR count). The lowest BCUT2D eigenvalue weighted by Gasteiger charge is -2.05. The molecule has 4 aromatic rings. The molecule has 10 heteroatoms. The van der Waals surface area contributed by atoms with E-state index in [0.717, 1.165) is 5.56 Å². The highest BCUT2D eigenvalue weighted by Gasteiger charge is 2.14. The lowest BCUT2D eigenvalue weighted by Crippen LogP contribution is -1.95. The molecule has 0 saturated carbocycles. The van der Waals surface area contributed by atoms with Gasteiger partial charge in [0, 0.05) is 24.2 Å². The number of rotatable bonds is 5. The van der Waals surface area contributed by atoms with E-state index in [1.54, 1.807) is 24.5 Å². The van der Waals surface area contributed by atoms with Gasteiger partial charge >= 0.3 is 0 Å². The van der Waals surface area contributed by atoms with Crippen LogP contribution in [0.2, 0.25) is 0 Å². The van der Waals surface area contributed by atoms with Crippen molar-refractivity contribution in [1.29, 1.82) is 5.26 Å². The smallest absolute Gasteiger partial charge is 0.250 e. The summed E-state index contributed by atoms with van der Waals surface area (Å²) in [6.45, 7) is 0. The SMILES string of the molecule is N#CC(=CNc1ccccc1-c1nnc(-c2ccncc2)o1)c1nn[nH]n1. The Kier molecular flexibility index (Phi) is 4.32. The van der Waals surface area contributed by atoms with E-state index >= 15 is 0 Å². The van der Waals surface area contributed by atoms with Gasteiger partial charge in [0.1, 0.15) is 11.6 Å². The Morgan fingerprint density at radius 2 is 1.89 bits per heavy atom. The first kappa shape index (κ1) is 16.1. The highest BCUT2D eigenvalue weighted by molar-refractivity contribution is 5.78. The molecule has 0 spiro atoms. The molecule has 10 nitrogen and oxygen atoms in total. The Labute approximate surface area is 152 Å². The number of aromatic nitrogens is 7. The molecule has 0 aliphatic heterocycles. The van der Waals surface area contributed by atoms with Crippen LogP contribution in [0.5, 0.6) is 0 Å². The van der Waals surface area contributed by atoms with Gasteiger partial charge in [0.15, 0.2) is 0 Å². The van der Waals surface area contributed by atoms with Crippen LogP contribution in [0.3, 0.4) is 0 Å². The van der Waals surface area contributed by atoms with Gasteiger partial charge in [-0.05, 0) is 29.5 Å². The molecular formula is C17H11N9O. The number of aromatic amines is 1. The van der Waals surface area contributed by atoms with Gasteiger partial charge in [-0.2, -0.15) is 10.5 Å². The second-order valence-corrected chi connectivity index (χ2v) is 5.24. The van der Waals surface area contributed by atoms with Crippen molar-refractivity contribution in [2.45, 2.75) is 0 Å². The molecule has 130 valence electrons. The maximum absolute atomic E-state index is 9.27. The van der Waals surface area contributed by atoms with Crippen LogP contribution in [-0.2, 0) is 0 Å².